The van der Waals surface area contributed by atoms with Gasteiger partial charge in [-0.15, -0.1) is 0 Å². The number of halogens is 2. The maximum Gasteiger partial charge on any atom is 0.309 e. The lowest BCUT2D eigenvalue weighted by Gasteiger charge is -2.04. The predicted octanol–water partition coefficient (Wildman–Crippen LogP) is 2.63. The molecule has 1 aromatic carbocycles. The van der Waals surface area contributed by atoms with Crippen LogP contribution in [-0.4, -0.2) is 12.4 Å². The van der Waals surface area contributed by atoms with E-state index in [1.54, 1.807) is 0 Å². The average Bonchev–Trinajstić information content (AvgIpc) is 3.07. The summed E-state index contributed by atoms with van der Waals surface area (Å²) >= 11 is 0. The monoisotopic (exact) mass is 226 g/mol. The lowest BCUT2D eigenvalue weighted by Crippen LogP contribution is -2.10. The molecule has 2 rings (SSSR count). The van der Waals surface area contributed by atoms with Crippen molar-refractivity contribution in [2.24, 2.45) is 11.8 Å². The topological polar surface area (TPSA) is 26.3 Å². The van der Waals surface area contributed by atoms with E-state index in [-0.39, 0.29) is 13.0 Å². The highest BCUT2D eigenvalue weighted by molar-refractivity contribution is 5.75. The quantitative estimate of drug-likeness (QED) is 0.738. The number of rotatable bonds is 4. The van der Waals surface area contributed by atoms with Gasteiger partial charge in [-0.05, 0) is 12.0 Å². The van der Waals surface area contributed by atoms with Crippen LogP contribution in [-0.2, 0) is 16.1 Å². The number of hydrogen-bond acceptors (Lipinski definition) is 2. The molecule has 4 heteroatoms. The van der Waals surface area contributed by atoms with Crippen LogP contribution in [0.2, 0.25) is 0 Å². The van der Waals surface area contributed by atoms with Crippen LogP contribution < -0.4 is 0 Å². The van der Waals surface area contributed by atoms with Crippen LogP contribution in [0.25, 0.3) is 0 Å². The summed E-state index contributed by atoms with van der Waals surface area (Å²) in [6, 6.07) is 9.18. The Balaban J connectivity index is 1.78. The molecule has 1 aliphatic rings. The third-order valence-corrected chi connectivity index (χ3v) is 2.69. The molecule has 0 unspecified atom stereocenters. The largest absolute Gasteiger partial charge is 0.461 e. The third-order valence-electron chi connectivity index (χ3n) is 2.69. The average molecular weight is 226 g/mol. The van der Waals surface area contributed by atoms with Gasteiger partial charge in [-0.25, -0.2) is 8.78 Å². The zero-order chi connectivity index (χ0) is 11.5. The van der Waals surface area contributed by atoms with Gasteiger partial charge in [0.2, 0.25) is 6.43 Å². The molecule has 16 heavy (non-hydrogen) atoms. The maximum absolute atomic E-state index is 12.2. The molecule has 1 aliphatic carbocycles. The van der Waals surface area contributed by atoms with Gasteiger partial charge in [0, 0.05) is 5.92 Å². The minimum atomic E-state index is -2.41. The summed E-state index contributed by atoms with van der Waals surface area (Å²) in [5.41, 5.74) is 0.866. The van der Waals surface area contributed by atoms with Crippen molar-refractivity contribution in [3.63, 3.8) is 0 Å². The zero-order valence-corrected chi connectivity index (χ0v) is 8.61. The van der Waals surface area contributed by atoms with Crippen molar-refractivity contribution in [2.45, 2.75) is 19.5 Å². The van der Waals surface area contributed by atoms with Gasteiger partial charge in [0.15, 0.2) is 0 Å². The summed E-state index contributed by atoms with van der Waals surface area (Å²) in [5.74, 6) is -1.89. The molecule has 0 aliphatic heterocycles. The highest BCUT2D eigenvalue weighted by Gasteiger charge is 2.49. The highest BCUT2D eigenvalue weighted by Crippen LogP contribution is 2.43. The van der Waals surface area contributed by atoms with Crippen molar-refractivity contribution < 1.29 is 18.3 Å². The Hall–Kier alpha value is -1.45. The van der Waals surface area contributed by atoms with Crippen LogP contribution in [0, 0.1) is 11.8 Å². The lowest BCUT2D eigenvalue weighted by atomic mass is 10.2. The first-order chi connectivity index (χ1) is 7.68. The molecular weight excluding hydrogens is 214 g/mol. The second-order valence-corrected chi connectivity index (χ2v) is 3.93. The molecule has 0 saturated heterocycles. The zero-order valence-electron chi connectivity index (χ0n) is 8.61. The lowest BCUT2D eigenvalue weighted by molar-refractivity contribution is -0.147. The van der Waals surface area contributed by atoms with Crippen LogP contribution in [0.3, 0.4) is 0 Å². The van der Waals surface area contributed by atoms with Crippen LogP contribution in [0.15, 0.2) is 30.3 Å². The Kier molecular flexibility index (Phi) is 3.17. The van der Waals surface area contributed by atoms with Gasteiger partial charge in [-0.3, -0.25) is 4.79 Å². The first-order valence-electron chi connectivity index (χ1n) is 5.17. The van der Waals surface area contributed by atoms with E-state index in [2.05, 4.69) is 0 Å². The minimum absolute atomic E-state index is 0.159. The van der Waals surface area contributed by atoms with Crippen LogP contribution in [0.5, 0.6) is 0 Å². The van der Waals surface area contributed by atoms with Crippen molar-refractivity contribution in [3.8, 4) is 0 Å². The summed E-state index contributed by atoms with van der Waals surface area (Å²) in [4.78, 5) is 11.3. The van der Waals surface area contributed by atoms with E-state index in [0.717, 1.165) is 5.56 Å². The number of carbonyl (C=O) groups excluding carboxylic acids is 1. The number of ether oxygens (including phenoxy) is 1. The van der Waals surface area contributed by atoms with Crippen molar-refractivity contribution in [2.75, 3.05) is 0 Å². The molecule has 2 atom stereocenters. The first-order valence-corrected chi connectivity index (χ1v) is 5.17. The van der Waals surface area contributed by atoms with Gasteiger partial charge in [0.05, 0.1) is 5.92 Å². The van der Waals surface area contributed by atoms with Gasteiger partial charge in [0.1, 0.15) is 6.61 Å². The molecule has 0 N–H and O–H groups in total. The smallest absolute Gasteiger partial charge is 0.309 e. The second kappa shape index (κ2) is 4.60. The Labute approximate surface area is 92.2 Å². The molecule has 2 nitrogen and oxygen atoms in total. The number of esters is 1. The fourth-order valence-electron chi connectivity index (χ4n) is 1.60. The summed E-state index contributed by atoms with van der Waals surface area (Å²) in [6.07, 6.45) is -2.15. The summed E-state index contributed by atoms with van der Waals surface area (Å²) < 4.78 is 29.3. The Bertz CT molecular complexity index is 365. The minimum Gasteiger partial charge on any atom is -0.461 e. The van der Waals surface area contributed by atoms with E-state index in [9.17, 15) is 13.6 Å². The van der Waals surface area contributed by atoms with Crippen molar-refractivity contribution in [3.05, 3.63) is 35.9 Å². The molecule has 86 valence electrons. The Morgan fingerprint density at radius 2 is 2.06 bits per heavy atom. The number of alkyl halides is 2. The third kappa shape index (κ3) is 2.56. The predicted molar refractivity (Wildman–Crippen MR) is 53.8 cm³/mol. The molecule has 0 aromatic heterocycles. The van der Waals surface area contributed by atoms with Crippen LogP contribution >= 0.6 is 0 Å². The van der Waals surface area contributed by atoms with Gasteiger partial charge in [0.25, 0.3) is 0 Å². The van der Waals surface area contributed by atoms with Crippen LogP contribution in [0.1, 0.15) is 12.0 Å². The fraction of sp³-hybridized carbons (Fsp3) is 0.417. The molecule has 0 heterocycles. The molecule has 0 spiro atoms. The fourth-order valence-corrected chi connectivity index (χ4v) is 1.60. The van der Waals surface area contributed by atoms with Crippen molar-refractivity contribution in [1.29, 1.82) is 0 Å². The van der Waals surface area contributed by atoms with E-state index >= 15 is 0 Å². The molecular formula is C12H12F2O2. The van der Waals surface area contributed by atoms with E-state index in [0.29, 0.717) is 0 Å². The summed E-state index contributed by atoms with van der Waals surface area (Å²) in [6.45, 7) is 0.159. The van der Waals surface area contributed by atoms with Gasteiger partial charge in [-0.1, -0.05) is 30.3 Å². The number of hydrogen-bond donors (Lipinski definition) is 0. The normalized spacial score (nSPS) is 23.2. The van der Waals surface area contributed by atoms with E-state index in [4.69, 9.17) is 4.74 Å². The SMILES string of the molecule is O=C(OCc1ccccc1)[C@@H]1C[C@@H]1C(F)F. The van der Waals surface area contributed by atoms with Gasteiger partial charge >= 0.3 is 5.97 Å². The Morgan fingerprint density at radius 1 is 1.38 bits per heavy atom. The maximum atomic E-state index is 12.2. The summed E-state index contributed by atoms with van der Waals surface area (Å²) in [7, 11) is 0. The van der Waals surface area contributed by atoms with E-state index in [1.165, 1.54) is 0 Å². The van der Waals surface area contributed by atoms with Crippen molar-refractivity contribution >= 4 is 5.97 Å². The van der Waals surface area contributed by atoms with Crippen LogP contribution in [0.4, 0.5) is 8.78 Å². The molecule has 0 bridgehead atoms. The van der Waals surface area contributed by atoms with E-state index in [1.807, 2.05) is 30.3 Å². The molecule has 1 aromatic rings. The molecule has 1 fully saturated rings. The van der Waals surface area contributed by atoms with E-state index < -0.39 is 24.2 Å². The number of carbonyl (C=O) groups is 1. The number of benzene rings is 1. The molecule has 0 radical (unpaired) electrons. The molecule has 1 saturated carbocycles. The molecule has 0 amide bonds. The second-order valence-electron chi connectivity index (χ2n) is 3.93. The summed E-state index contributed by atoms with van der Waals surface area (Å²) in [5, 5.41) is 0. The van der Waals surface area contributed by atoms with Crippen molar-refractivity contribution in [1.82, 2.24) is 0 Å². The van der Waals surface area contributed by atoms with Gasteiger partial charge < -0.3 is 4.74 Å². The standard InChI is InChI=1S/C12H12F2O2/c13-11(14)9-6-10(9)12(15)16-7-8-4-2-1-3-5-8/h1-5,9-11H,6-7H2/t9-,10+/m0/s1. The Morgan fingerprint density at radius 3 is 2.62 bits per heavy atom. The highest BCUT2D eigenvalue weighted by atomic mass is 19.3. The van der Waals surface area contributed by atoms with Gasteiger partial charge in [-0.2, -0.15) is 0 Å². The first kappa shape index (κ1) is 11.0.